The second kappa shape index (κ2) is 4.38. The SMILES string of the molecule is Cc1nonc1CN1CC(C(=O)O)c2ccccc21. The van der Waals surface area contributed by atoms with E-state index in [1.807, 2.05) is 36.1 Å². The van der Waals surface area contributed by atoms with Gasteiger partial charge in [0, 0.05) is 12.2 Å². The van der Waals surface area contributed by atoms with E-state index >= 15 is 0 Å². The molecule has 1 aromatic carbocycles. The Morgan fingerprint density at radius 3 is 2.95 bits per heavy atom. The number of nitrogens with zero attached hydrogens (tertiary/aromatic N) is 3. The molecule has 1 aliphatic rings. The van der Waals surface area contributed by atoms with Gasteiger partial charge >= 0.3 is 5.97 Å². The maximum absolute atomic E-state index is 11.3. The van der Waals surface area contributed by atoms with Crippen molar-refractivity contribution < 1.29 is 14.5 Å². The fourth-order valence-electron chi connectivity index (χ4n) is 2.42. The third-order valence-corrected chi connectivity index (χ3v) is 3.44. The van der Waals surface area contributed by atoms with Crippen LogP contribution < -0.4 is 4.90 Å². The van der Waals surface area contributed by atoms with Crippen LogP contribution in [0.15, 0.2) is 28.9 Å². The lowest BCUT2D eigenvalue weighted by Gasteiger charge is -2.17. The Balaban J connectivity index is 1.93. The summed E-state index contributed by atoms with van der Waals surface area (Å²) in [5.41, 5.74) is 3.26. The molecule has 2 heterocycles. The van der Waals surface area contributed by atoms with Gasteiger partial charge in [0.15, 0.2) is 0 Å². The number of hydrogen-bond acceptors (Lipinski definition) is 5. The molecular weight excluding hydrogens is 246 g/mol. The van der Waals surface area contributed by atoms with E-state index in [1.165, 1.54) is 0 Å². The predicted octanol–water partition coefficient (Wildman–Crippen LogP) is 1.57. The van der Waals surface area contributed by atoms with Crippen molar-refractivity contribution >= 4 is 11.7 Å². The van der Waals surface area contributed by atoms with Crippen LogP contribution in [-0.2, 0) is 11.3 Å². The van der Waals surface area contributed by atoms with Gasteiger partial charge in [-0.2, -0.15) is 0 Å². The first kappa shape index (κ1) is 11.7. The van der Waals surface area contributed by atoms with E-state index in [9.17, 15) is 9.90 Å². The molecule has 0 aliphatic carbocycles. The Morgan fingerprint density at radius 2 is 2.26 bits per heavy atom. The number of aliphatic carboxylic acids is 1. The Bertz CT molecular complexity index is 623. The van der Waals surface area contributed by atoms with Crippen molar-refractivity contribution in [1.29, 1.82) is 0 Å². The van der Waals surface area contributed by atoms with Gasteiger partial charge < -0.3 is 10.0 Å². The normalized spacial score (nSPS) is 17.5. The van der Waals surface area contributed by atoms with Gasteiger partial charge in [0.2, 0.25) is 0 Å². The molecule has 19 heavy (non-hydrogen) atoms. The summed E-state index contributed by atoms with van der Waals surface area (Å²) in [4.78, 5) is 13.3. The van der Waals surface area contributed by atoms with E-state index in [0.717, 1.165) is 22.6 Å². The highest BCUT2D eigenvalue weighted by Gasteiger charge is 2.33. The largest absolute Gasteiger partial charge is 0.481 e. The zero-order valence-electron chi connectivity index (χ0n) is 10.4. The highest BCUT2D eigenvalue weighted by atomic mass is 16.6. The van der Waals surface area contributed by atoms with Crippen LogP contribution in [0.25, 0.3) is 0 Å². The molecule has 0 saturated heterocycles. The standard InChI is InChI=1S/C13H13N3O3/c1-8-11(15-19-14-8)7-16-6-10(13(17)18)9-4-2-3-5-12(9)16/h2-5,10H,6-7H2,1H3,(H,17,18). The zero-order chi connectivity index (χ0) is 13.4. The lowest BCUT2D eigenvalue weighted by Crippen LogP contribution is -2.24. The van der Waals surface area contributed by atoms with E-state index in [4.69, 9.17) is 0 Å². The summed E-state index contributed by atoms with van der Waals surface area (Å²) in [6.45, 7) is 2.78. The van der Waals surface area contributed by atoms with Gasteiger partial charge in [-0.25, -0.2) is 4.63 Å². The highest BCUT2D eigenvalue weighted by molar-refractivity contribution is 5.82. The van der Waals surface area contributed by atoms with E-state index < -0.39 is 11.9 Å². The molecule has 2 aromatic rings. The van der Waals surface area contributed by atoms with Gasteiger partial charge in [0.1, 0.15) is 17.3 Å². The van der Waals surface area contributed by atoms with Crippen molar-refractivity contribution in [3.63, 3.8) is 0 Å². The first-order chi connectivity index (χ1) is 9.16. The average Bonchev–Trinajstić information content (AvgIpc) is 2.96. The van der Waals surface area contributed by atoms with E-state index in [0.29, 0.717) is 13.1 Å². The van der Waals surface area contributed by atoms with E-state index in [1.54, 1.807) is 0 Å². The number of anilines is 1. The molecule has 0 spiro atoms. The Morgan fingerprint density at radius 1 is 1.47 bits per heavy atom. The third-order valence-electron chi connectivity index (χ3n) is 3.44. The highest BCUT2D eigenvalue weighted by Crippen LogP contribution is 2.37. The van der Waals surface area contributed by atoms with Gasteiger partial charge in [-0.3, -0.25) is 4.79 Å². The van der Waals surface area contributed by atoms with Crippen LogP contribution in [0.1, 0.15) is 22.9 Å². The molecule has 1 aromatic heterocycles. The maximum Gasteiger partial charge on any atom is 0.312 e. The molecule has 98 valence electrons. The van der Waals surface area contributed by atoms with Crippen molar-refractivity contribution in [3.8, 4) is 0 Å². The molecule has 6 heteroatoms. The Labute approximate surface area is 109 Å². The Hall–Kier alpha value is -2.37. The first-order valence-electron chi connectivity index (χ1n) is 6.01. The maximum atomic E-state index is 11.3. The van der Waals surface area contributed by atoms with Crippen LogP contribution in [0.5, 0.6) is 0 Å². The molecule has 1 atom stereocenters. The second-order valence-corrected chi connectivity index (χ2v) is 4.63. The molecule has 3 rings (SSSR count). The number of rotatable bonds is 3. The zero-order valence-corrected chi connectivity index (χ0v) is 10.4. The smallest absolute Gasteiger partial charge is 0.312 e. The molecule has 0 saturated carbocycles. The minimum Gasteiger partial charge on any atom is -0.481 e. The quantitative estimate of drug-likeness (QED) is 0.901. The number of aryl methyl sites for hydroxylation is 1. The van der Waals surface area contributed by atoms with Gasteiger partial charge in [0.05, 0.1) is 6.54 Å². The summed E-state index contributed by atoms with van der Waals surface area (Å²) in [7, 11) is 0. The molecule has 0 amide bonds. The van der Waals surface area contributed by atoms with Gasteiger partial charge in [-0.15, -0.1) is 0 Å². The lowest BCUT2D eigenvalue weighted by atomic mass is 10.0. The number of para-hydroxylation sites is 1. The minimum absolute atomic E-state index is 0.445. The summed E-state index contributed by atoms with van der Waals surface area (Å²) in [5, 5.41) is 16.9. The summed E-state index contributed by atoms with van der Waals surface area (Å²) >= 11 is 0. The number of fused-ring (bicyclic) bond motifs is 1. The van der Waals surface area contributed by atoms with Crippen LogP contribution >= 0.6 is 0 Å². The molecular formula is C13H13N3O3. The third kappa shape index (κ3) is 1.95. The molecule has 1 N–H and O–H groups in total. The summed E-state index contributed by atoms with van der Waals surface area (Å²) in [5.74, 6) is -1.29. The van der Waals surface area contributed by atoms with E-state index in [2.05, 4.69) is 14.9 Å². The fraction of sp³-hybridized carbons (Fsp3) is 0.308. The predicted molar refractivity (Wildman–Crippen MR) is 66.9 cm³/mol. The number of carbonyl (C=O) groups is 1. The van der Waals surface area contributed by atoms with Crippen LogP contribution in [-0.4, -0.2) is 27.9 Å². The topological polar surface area (TPSA) is 79.5 Å². The van der Waals surface area contributed by atoms with Crippen molar-refractivity contribution in [2.75, 3.05) is 11.4 Å². The summed E-state index contributed by atoms with van der Waals surface area (Å²) in [6.07, 6.45) is 0. The van der Waals surface area contributed by atoms with Crippen LogP contribution in [0.2, 0.25) is 0 Å². The number of benzene rings is 1. The summed E-state index contributed by atoms with van der Waals surface area (Å²) in [6, 6.07) is 7.56. The van der Waals surface area contributed by atoms with Crippen molar-refractivity contribution in [3.05, 3.63) is 41.2 Å². The van der Waals surface area contributed by atoms with Crippen molar-refractivity contribution in [2.24, 2.45) is 0 Å². The van der Waals surface area contributed by atoms with Crippen molar-refractivity contribution in [1.82, 2.24) is 10.3 Å². The van der Waals surface area contributed by atoms with Crippen LogP contribution in [0.3, 0.4) is 0 Å². The summed E-state index contributed by atoms with van der Waals surface area (Å²) < 4.78 is 4.67. The van der Waals surface area contributed by atoms with Crippen molar-refractivity contribution in [2.45, 2.75) is 19.4 Å². The van der Waals surface area contributed by atoms with Gasteiger partial charge in [0.25, 0.3) is 0 Å². The number of aromatic nitrogens is 2. The number of hydrogen-bond donors (Lipinski definition) is 1. The fourth-order valence-corrected chi connectivity index (χ4v) is 2.42. The number of carboxylic acid groups (broad SMARTS) is 1. The van der Waals surface area contributed by atoms with Crippen LogP contribution in [0.4, 0.5) is 5.69 Å². The molecule has 0 fully saturated rings. The first-order valence-corrected chi connectivity index (χ1v) is 6.01. The Kier molecular flexibility index (Phi) is 2.70. The molecule has 0 bridgehead atoms. The minimum atomic E-state index is -0.801. The van der Waals surface area contributed by atoms with Crippen LogP contribution in [0, 0.1) is 6.92 Å². The molecule has 1 unspecified atom stereocenters. The monoisotopic (exact) mass is 259 g/mol. The molecule has 6 nitrogen and oxygen atoms in total. The van der Waals surface area contributed by atoms with Gasteiger partial charge in [-0.05, 0) is 18.6 Å². The van der Waals surface area contributed by atoms with E-state index in [-0.39, 0.29) is 0 Å². The second-order valence-electron chi connectivity index (χ2n) is 4.63. The lowest BCUT2D eigenvalue weighted by molar-refractivity contribution is -0.138. The van der Waals surface area contributed by atoms with Gasteiger partial charge in [-0.1, -0.05) is 28.5 Å². The molecule has 1 aliphatic heterocycles. The average molecular weight is 259 g/mol. The molecule has 0 radical (unpaired) electrons. The number of carboxylic acids is 1.